The molecule has 1 unspecified atom stereocenters. The number of nitrogens with one attached hydrogen (secondary N) is 2. The molecule has 2 atom stereocenters. The van der Waals surface area contributed by atoms with Crippen molar-refractivity contribution in [3.8, 4) is 11.1 Å². The molecule has 0 spiro atoms. The van der Waals surface area contributed by atoms with E-state index >= 15 is 0 Å². The van der Waals surface area contributed by atoms with Gasteiger partial charge in [0.1, 0.15) is 6.61 Å². The fourth-order valence-electron chi connectivity index (χ4n) is 4.65. The van der Waals surface area contributed by atoms with Crippen molar-refractivity contribution in [3.05, 3.63) is 59.7 Å². The standard InChI is InChI=1S/C27H34N2O5/c1-17(2)12-19(14-26(31)32)15-28-25(30)13-18(3)29-27(33)34-16-24-22-10-6-4-8-20(22)21-9-5-7-11-23(21)24/h4-11,17-19,24H,12-16H2,1-3H3,(H,28,30)(H,29,33)(H,31,32)/t18?,19-/m0/s1. The van der Waals surface area contributed by atoms with Crippen LogP contribution in [0.4, 0.5) is 4.79 Å². The second kappa shape index (κ2) is 11.7. The molecule has 1 aliphatic carbocycles. The molecule has 0 saturated carbocycles. The van der Waals surface area contributed by atoms with Crippen LogP contribution >= 0.6 is 0 Å². The number of amides is 2. The molecule has 3 N–H and O–H groups in total. The SMILES string of the molecule is CC(C)C[C@H](CNC(=O)CC(C)NC(=O)OCC1c2ccccc2-c2ccccc21)CC(=O)O. The number of benzene rings is 2. The molecule has 0 bridgehead atoms. The minimum absolute atomic E-state index is 0.0199. The van der Waals surface area contributed by atoms with Crippen LogP contribution in [0.25, 0.3) is 11.1 Å². The van der Waals surface area contributed by atoms with Crippen LogP contribution in [0.2, 0.25) is 0 Å². The Kier molecular flexibility index (Phi) is 8.68. The number of ether oxygens (including phenoxy) is 1. The maximum absolute atomic E-state index is 12.4. The summed E-state index contributed by atoms with van der Waals surface area (Å²) in [4.78, 5) is 35.7. The predicted octanol–water partition coefficient (Wildman–Crippen LogP) is 4.56. The molecule has 7 nitrogen and oxygen atoms in total. The van der Waals surface area contributed by atoms with Gasteiger partial charge in [-0.1, -0.05) is 62.4 Å². The number of fused-ring (bicyclic) bond motifs is 3. The van der Waals surface area contributed by atoms with Gasteiger partial charge >= 0.3 is 12.1 Å². The van der Waals surface area contributed by atoms with Crippen molar-refractivity contribution >= 4 is 18.0 Å². The number of carbonyl (C=O) groups excluding carboxylic acids is 2. The lowest BCUT2D eigenvalue weighted by Crippen LogP contribution is -2.39. The fourth-order valence-corrected chi connectivity index (χ4v) is 4.65. The normalized spacial score (nSPS) is 14.1. The minimum Gasteiger partial charge on any atom is -0.481 e. The number of hydrogen-bond acceptors (Lipinski definition) is 4. The number of aliphatic carboxylic acids is 1. The van der Waals surface area contributed by atoms with E-state index in [-0.39, 0.29) is 37.2 Å². The van der Waals surface area contributed by atoms with Crippen LogP contribution in [0.3, 0.4) is 0 Å². The van der Waals surface area contributed by atoms with Crippen LogP contribution in [0.15, 0.2) is 48.5 Å². The summed E-state index contributed by atoms with van der Waals surface area (Å²) in [5.74, 6) is -0.901. The van der Waals surface area contributed by atoms with Crippen molar-refractivity contribution in [1.29, 1.82) is 0 Å². The Bertz CT molecular complexity index is 974. The first-order valence-corrected chi connectivity index (χ1v) is 11.8. The van der Waals surface area contributed by atoms with Gasteiger partial charge in [-0.3, -0.25) is 9.59 Å². The van der Waals surface area contributed by atoms with E-state index in [2.05, 4.69) is 34.9 Å². The molecule has 34 heavy (non-hydrogen) atoms. The lowest BCUT2D eigenvalue weighted by atomic mass is 9.94. The summed E-state index contributed by atoms with van der Waals surface area (Å²) < 4.78 is 5.53. The molecule has 182 valence electrons. The summed E-state index contributed by atoms with van der Waals surface area (Å²) in [6.45, 7) is 6.31. The topological polar surface area (TPSA) is 105 Å². The summed E-state index contributed by atoms with van der Waals surface area (Å²) in [5, 5.41) is 14.6. The Morgan fingerprint density at radius 1 is 0.941 bits per heavy atom. The van der Waals surface area contributed by atoms with Gasteiger partial charge in [-0.25, -0.2) is 4.79 Å². The van der Waals surface area contributed by atoms with Gasteiger partial charge in [0.25, 0.3) is 0 Å². The average molecular weight is 467 g/mol. The number of rotatable bonds is 11. The molecule has 2 amide bonds. The van der Waals surface area contributed by atoms with Gasteiger partial charge in [0.05, 0.1) is 0 Å². The first-order chi connectivity index (χ1) is 16.2. The third-order valence-electron chi connectivity index (χ3n) is 6.06. The average Bonchev–Trinajstić information content (AvgIpc) is 3.09. The highest BCUT2D eigenvalue weighted by molar-refractivity contribution is 5.79. The molecule has 2 aromatic rings. The molecule has 0 aliphatic heterocycles. The number of alkyl carbamates (subject to hydrolysis) is 1. The maximum Gasteiger partial charge on any atom is 0.407 e. The monoisotopic (exact) mass is 466 g/mol. The number of carboxylic acids is 1. The summed E-state index contributed by atoms with van der Waals surface area (Å²) >= 11 is 0. The maximum atomic E-state index is 12.4. The van der Waals surface area contributed by atoms with Crippen LogP contribution in [-0.4, -0.2) is 42.3 Å². The van der Waals surface area contributed by atoms with Gasteiger partial charge < -0.3 is 20.5 Å². The van der Waals surface area contributed by atoms with Crippen LogP contribution < -0.4 is 10.6 Å². The van der Waals surface area contributed by atoms with Gasteiger partial charge in [-0.2, -0.15) is 0 Å². The molecular weight excluding hydrogens is 432 g/mol. The third kappa shape index (κ3) is 6.83. The summed E-state index contributed by atoms with van der Waals surface area (Å²) in [6, 6.07) is 15.8. The van der Waals surface area contributed by atoms with E-state index in [0.29, 0.717) is 12.5 Å². The molecule has 1 aliphatic rings. The first kappa shape index (κ1) is 25.3. The highest BCUT2D eigenvalue weighted by atomic mass is 16.5. The predicted molar refractivity (Wildman–Crippen MR) is 130 cm³/mol. The van der Waals surface area contributed by atoms with Crippen LogP contribution in [0.1, 0.15) is 57.1 Å². The van der Waals surface area contributed by atoms with E-state index < -0.39 is 18.1 Å². The van der Waals surface area contributed by atoms with Crippen molar-refractivity contribution in [2.45, 2.75) is 52.0 Å². The number of carboxylic acid groups (broad SMARTS) is 1. The Hall–Kier alpha value is -3.35. The molecule has 7 heteroatoms. The molecule has 3 rings (SSSR count). The van der Waals surface area contributed by atoms with Gasteiger partial charge in [0.15, 0.2) is 0 Å². The van der Waals surface area contributed by atoms with Crippen molar-refractivity contribution in [2.24, 2.45) is 11.8 Å². The zero-order valence-electron chi connectivity index (χ0n) is 20.0. The Morgan fingerprint density at radius 3 is 2.09 bits per heavy atom. The third-order valence-corrected chi connectivity index (χ3v) is 6.06. The van der Waals surface area contributed by atoms with Crippen LogP contribution in [-0.2, 0) is 14.3 Å². The Balaban J connectivity index is 1.46. The van der Waals surface area contributed by atoms with Crippen molar-refractivity contribution in [2.75, 3.05) is 13.2 Å². The van der Waals surface area contributed by atoms with Gasteiger partial charge in [0, 0.05) is 31.3 Å². The molecule has 2 aromatic carbocycles. The van der Waals surface area contributed by atoms with E-state index in [1.165, 1.54) is 0 Å². The van der Waals surface area contributed by atoms with Crippen molar-refractivity contribution in [3.63, 3.8) is 0 Å². The van der Waals surface area contributed by atoms with Gasteiger partial charge in [-0.15, -0.1) is 0 Å². The van der Waals surface area contributed by atoms with Gasteiger partial charge in [0.2, 0.25) is 5.91 Å². The molecule has 0 fully saturated rings. The largest absolute Gasteiger partial charge is 0.481 e. The summed E-state index contributed by atoms with van der Waals surface area (Å²) in [7, 11) is 0. The van der Waals surface area contributed by atoms with Crippen LogP contribution in [0.5, 0.6) is 0 Å². The lowest BCUT2D eigenvalue weighted by molar-refractivity contribution is -0.138. The number of hydrogen-bond donors (Lipinski definition) is 3. The van der Waals surface area contributed by atoms with Crippen molar-refractivity contribution in [1.82, 2.24) is 10.6 Å². The van der Waals surface area contributed by atoms with E-state index in [4.69, 9.17) is 9.84 Å². The Morgan fingerprint density at radius 2 is 1.53 bits per heavy atom. The minimum atomic E-state index is -0.870. The first-order valence-electron chi connectivity index (χ1n) is 11.8. The fraction of sp³-hybridized carbons (Fsp3) is 0.444. The lowest BCUT2D eigenvalue weighted by Gasteiger charge is -2.19. The van der Waals surface area contributed by atoms with E-state index in [1.54, 1.807) is 6.92 Å². The van der Waals surface area contributed by atoms with Crippen LogP contribution in [0, 0.1) is 11.8 Å². The van der Waals surface area contributed by atoms with Crippen molar-refractivity contribution < 1.29 is 24.2 Å². The molecule has 0 aromatic heterocycles. The Labute approximate surface area is 200 Å². The molecule has 0 radical (unpaired) electrons. The van der Waals surface area contributed by atoms with E-state index in [0.717, 1.165) is 28.7 Å². The number of carbonyl (C=O) groups is 3. The summed E-state index contributed by atoms with van der Waals surface area (Å²) in [5.41, 5.74) is 4.61. The highest BCUT2D eigenvalue weighted by Gasteiger charge is 2.29. The van der Waals surface area contributed by atoms with Gasteiger partial charge in [-0.05, 0) is 47.4 Å². The van der Waals surface area contributed by atoms with E-state index in [9.17, 15) is 14.4 Å². The second-order valence-electron chi connectivity index (χ2n) is 9.47. The molecular formula is C27H34N2O5. The molecule has 0 heterocycles. The second-order valence-corrected chi connectivity index (χ2v) is 9.47. The zero-order valence-corrected chi connectivity index (χ0v) is 20.0. The quantitative estimate of drug-likeness (QED) is 0.450. The highest BCUT2D eigenvalue weighted by Crippen LogP contribution is 2.44. The smallest absolute Gasteiger partial charge is 0.407 e. The summed E-state index contributed by atoms with van der Waals surface area (Å²) in [6.07, 6.45) is 0.267. The zero-order chi connectivity index (χ0) is 24.7. The van der Waals surface area contributed by atoms with E-state index in [1.807, 2.05) is 38.1 Å². The molecule has 0 saturated heterocycles.